The Morgan fingerprint density at radius 1 is 1.04 bits per heavy atom. The number of nitrogens with one attached hydrogen (secondary N) is 2. The Morgan fingerprint density at radius 3 is 2.29 bits per heavy atom. The van der Waals surface area contributed by atoms with E-state index in [1.165, 1.54) is 6.08 Å². The van der Waals surface area contributed by atoms with E-state index in [0.29, 0.717) is 16.1 Å². The van der Waals surface area contributed by atoms with Crippen molar-refractivity contribution in [3.05, 3.63) is 74.9 Å². The van der Waals surface area contributed by atoms with Gasteiger partial charge < -0.3 is 15.7 Å². The number of carboxylic acid groups (broad SMARTS) is 1. The molecule has 146 valence electrons. The summed E-state index contributed by atoms with van der Waals surface area (Å²) in [6, 6.07) is 13.5. The van der Waals surface area contributed by atoms with Crippen molar-refractivity contribution in [3.8, 4) is 0 Å². The second kappa shape index (κ2) is 10.6. The Balaban J connectivity index is 2.16. The van der Waals surface area contributed by atoms with Crippen LogP contribution in [0.5, 0.6) is 0 Å². The van der Waals surface area contributed by atoms with Crippen LogP contribution in [0.3, 0.4) is 0 Å². The van der Waals surface area contributed by atoms with Crippen LogP contribution >= 0.6 is 27.5 Å². The third-order valence-electron chi connectivity index (χ3n) is 3.63. The molecular formula is C20H18BrClN2O4. The summed E-state index contributed by atoms with van der Waals surface area (Å²) in [6.45, 7) is 0.178. The van der Waals surface area contributed by atoms with Crippen LogP contribution in [-0.2, 0) is 9.59 Å². The number of carbonyl (C=O) groups excluding carboxylic acids is 2. The number of halogens is 2. The molecule has 2 amide bonds. The Kier molecular flexibility index (Phi) is 8.22. The van der Waals surface area contributed by atoms with E-state index in [1.807, 2.05) is 0 Å². The van der Waals surface area contributed by atoms with Gasteiger partial charge in [-0.15, -0.1) is 0 Å². The van der Waals surface area contributed by atoms with Gasteiger partial charge in [0.15, 0.2) is 0 Å². The molecule has 0 fully saturated rings. The summed E-state index contributed by atoms with van der Waals surface area (Å²) in [7, 11) is 0. The first kappa shape index (κ1) is 21.7. The highest BCUT2D eigenvalue weighted by Gasteiger charge is 2.14. The molecule has 0 aliphatic heterocycles. The molecule has 2 aromatic rings. The van der Waals surface area contributed by atoms with Gasteiger partial charge in [0.25, 0.3) is 11.8 Å². The molecule has 0 spiro atoms. The van der Waals surface area contributed by atoms with Gasteiger partial charge in [0.1, 0.15) is 5.70 Å². The fourth-order valence-corrected chi connectivity index (χ4v) is 2.61. The monoisotopic (exact) mass is 464 g/mol. The normalized spacial score (nSPS) is 11.0. The minimum absolute atomic E-state index is 0.0468. The van der Waals surface area contributed by atoms with Gasteiger partial charge in [0, 0.05) is 28.0 Å². The molecule has 0 unspecified atom stereocenters. The highest BCUT2D eigenvalue weighted by Crippen LogP contribution is 2.14. The van der Waals surface area contributed by atoms with Crippen LogP contribution in [-0.4, -0.2) is 29.4 Å². The minimum Gasteiger partial charge on any atom is -0.481 e. The Labute approximate surface area is 175 Å². The van der Waals surface area contributed by atoms with Gasteiger partial charge in [-0.05, 0) is 54.5 Å². The maximum atomic E-state index is 12.5. The summed E-state index contributed by atoms with van der Waals surface area (Å²) in [5.74, 6) is -1.88. The molecule has 0 aromatic heterocycles. The molecule has 3 N–H and O–H groups in total. The van der Waals surface area contributed by atoms with Crippen molar-refractivity contribution in [2.75, 3.05) is 6.54 Å². The Morgan fingerprint density at radius 2 is 1.68 bits per heavy atom. The van der Waals surface area contributed by atoms with Gasteiger partial charge in [-0.3, -0.25) is 14.4 Å². The number of benzene rings is 2. The van der Waals surface area contributed by atoms with Gasteiger partial charge in [-0.2, -0.15) is 0 Å². The summed E-state index contributed by atoms with van der Waals surface area (Å²) in [6.07, 6.45) is 1.76. The molecule has 0 atom stereocenters. The summed E-state index contributed by atoms with van der Waals surface area (Å²) in [4.78, 5) is 35.6. The SMILES string of the molecule is O=C(O)CCCNC(=O)/C(=C/c1ccc(Cl)cc1)NC(=O)c1ccc(Br)cc1. The number of hydrogen-bond donors (Lipinski definition) is 3. The zero-order valence-electron chi connectivity index (χ0n) is 14.7. The van der Waals surface area contributed by atoms with E-state index in [2.05, 4.69) is 26.6 Å². The smallest absolute Gasteiger partial charge is 0.303 e. The third-order valence-corrected chi connectivity index (χ3v) is 4.41. The molecule has 0 heterocycles. The molecule has 0 radical (unpaired) electrons. The van der Waals surface area contributed by atoms with Gasteiger partial charge in [0.05, 0.1) is 0 Å². The van der Waals surface area contributed by atoms with E-state index in [4.69, 9.17) is 16.7 Å². The van der Waals surface area contributed by atoms with Crippen molar-refractivity contribution < 1.29 is 19.5 Å². The fraction of sp³-hybridized carbons (Fsp3) is 0.150. The van der Waals surface area contributed by atoms with E-state index < -0.39 is 17.8 Å². The molecule has 0 aliphatic carbocycles. The number of carboxylic acids is 1. The van der Waals surface area contributed by atoms with Gasteiger partial charge in [-0.1, -0.05) is 39.7 Å². The second-order valence-corrected chi connectivity index (χ2v) is 7.18. The van der Waals surface area contributed by atoms with Crippen molar-refractivity contribution in [1.29, 1.82) is 0 Å². The topological polar surface area (TPSA) is 95.5 Å². The molecule has 0 aliphatic rings. The van der Waals surface area contributed by atoms with Crippen LogP contribution < -0.4 is 10.6 Å². The first-order chi connectivity index (χ1) is 13.3. The largest absolute Gasteiger partial charge is 0.481 e. The number of amides is 2. The van der Waals surface area contributed by atoms with E-state index >= 15 is 0 Å². The first-order valence-corrected chi connectivity index (χ1v) is 9.56. The predicted octanol–water partition coefficient (Wildman–Crippen LogP) is 3.85. The maximum absolute atomic E-state index is 12.5. The van der Waals surface area contributed by atoms with Gasteiger partial charge in [0.2, 0.25) is 0 Å². The molecule has 6 nitrogen and oxygen atoms in total. The first-order valence-electron chi connectivity index (χ1n) is 8.39. The van der Waals surface area contributed by atoms with Crippen molar-refractivity contribution in [1.82, 2.24) is 10.6 Å². The summed E-state index contributed by atoms with van der Waals surface area (Å²) in [5.41, 5.74) is 1.12. The molecule has 0 saturated carbocycles. The van der Waals surface area contributed by atoms with Crippen molar-refractivity contribution >= 4 is 51.4 Å². The standard InChI is InChI=1S/C20H18BrClN2O4/c21-15-7-5-14(6-8-15)19(27)24-17(12-13-3-9-16(22)10-4-13)20(28)23-11-1-2-18(25)26/h3-10,12H,1-2,11H2,(H,23,28)(H,24,27)(H,25,26)/b17-12-. The lowest BCUT2D eigenvalue weighted by Crippen LogP contribution is -2.35. The minimum atomic E-state index is -0.935. The van der Waals surface area contributed by atoms with Crippen LogP contribution in [0.1, 0.15) is 28.8 Å². The second-order valence-electron chi connectivity index (χ2n) is 5.82. The van der Waals surface area contributed by atoms with Crippen LogP contribution in [0, 0.1) is 0 Å². The average molecular weight is 466 g/mol. The zero-order chi connectivity index (χ0) is 20.5. The fourth-order valence-electron chi connectivity index (χ4n) is 2.22. The Hall–Kier alpha value is -2.64. The molecule has 0 bridgehead atoms. The molecule has 8 heteroatoms. The van der Waals surface area contributed by atoms with Crippen LogP contribution in [0.25, 0.3) is 6.08 Å². The quantitative estimate of drug-likeness (QED) is 0.407. The average Bonchev–Trinajstić information content (AvgIpc) is 2.66. The molecule has 2 rings (SSSR count). The predicted molar refractivity (Wildman–Crippen MR) is 111 cm³/mol. The molecular weight excluding hydrogens is 448 g/mol. The molecule has 2 aromatic carbocycles. The maximum Gasteiger partial charge on any atom is 0.303 e. The van der Waals surface area contributed by atoms with E-state index in [-0.39, 0.29) is 25.1 Å². The number of rotatable bonds is 8. The summed E-state index contributed by atoms with van der Waals surface area (Å²) in [5, 5.41) is 14.5. The van der Waals surface area contributed by atoms with E-state index in [9.17, 15) is 14.4 Å². The number of hydrogen-bond acceptors (Lipinski definition) is 3. The van der Waals surface area contributed by atoms with Crippen molar-refractivity contribution in [2.45, 2.75) is 12.8 Å². The number of aliphatic carboxylic acids is 1. The Bertz CT molecular complexity index is 880. The lowest BCUT2D eigenvalue weighted by molar-refractivity contribution is -0.137. The number of carbonyl (C=O) groups is 3. The van der Waals surface area contributed by atoms with E-state index in [0.717, 1.165) is 4.47 Å². The van der Waals surface area contributed by atoms with Gasteiger partial charge in [-0.25, -0.2) is 0 Å². The zero-order valence-corrected chi connectivity index (χ0v) is 17.1. The molecule has 28 heavy (non-hydrogen) atoms. The molecule has 0 saturated heterocycles. The third kappa shape index (κ3) is 7.17. The highest BCUT2D eigenvalue weighted by molar-refractivity contribution is 9.10. The van der Waals surface area contributed by atoms with Crippen LogP contribution in [0.4, 0.5) is 0 Å². The van der Waals surface area contributed by atoms with Gasteiger partial charge >= 0.3 is 5.97 Å². The summed E-state index contributed by atoms with van der Waals surface area (Å²) < 4.78 is 0.831. The lowest BCUT2D eigenvalue weighted by atomic mass is 10.1. The lowest BCUT2D eigenvalue weighted by Gasteiger charge is -2.11. The van der Waals surface area contributed by atoms with Crippen LogP contribution in [0.2, 0.25) is 5.02 Å². The van der Waals surface area contributed by atoms with E-state index in [1.54, 1.807) is 48.5 Å². The highest BCUT2D eigenvalue weighted by atomic mass is 79.9. The summed E-state index contributed by atoms with van der Waals surface area (Å²) >= 11 is 9.18. The van der Waals surface area contributed by atoms with Crippen molar-refractivity contribution in [2.24, 2.45) is 0 Å². The van der Waals surface area contributed by atoms with Crippen LogP contribution in [0.15, 0.2) is 58.7 Å². The van der Waals surface area contributed by atoms with Crippen molar-refractivity contribution in [3.63, 3.8) is 0 Å².